The summed E-state index contributed by atoms with van der Waals surface area (Å²) < 4.78 is 60.0. The molecule has 1 fully saturated rings. The van der Waals surface area contributed by atoms with E-state index in [0.29, 0.717) is 6.20 Å². The van der Waals surface area contributed by atoms with Crippen LogP contribution in [0.4, 0.5) is 18.9 Å². The number of amides is 1. The highest BCUT2D eigenvalue weighted by atomic mass is 35.7. The molecule has 5 nitrogen and oxygen atoms in total. The molecule has 1 saturated heterocycles. The van der Waals surface area contributed by atoms with Gasteiger partial charge in [-0.2, -0.15) is 13.2 Å². The van der Waals surface area contributed by atoms with E-state index in [-0.39, 0.29) is 18.7 Å². The quantitative estimate of drug-likeness (QED) is 0.776. The van der Waals surface area contributed by atoms with Gasteiger partial charge in [0.2, 0.25) is 15.0 Å². The Hall–Kier alpha value is -1.35. The summed E-state index contributed by atoms with van der Waals surface area (Å²) in [7, 11) is 1.21. The average Bonchev–Trinajstić information content (AvgIpc) is 2.70. The van der Waals surface area contributed by atoms with Crippen molar-refractivity contribution in [1.82, 2.24) is 4.98 Å². The molecule has 0 N–H and O–H groups in total. The molecular weight excluding hydrogens is 321 g/mol. The summed E-state index contributed by atoms with van der Waals surface area (Å²) in [6, 6.07) is 0.744. The van der Waals surface area contributed by atoms with Gasteiger partial charge in [0, 0.05) is 29.8 Å². The zero-order valence-electron chi connectivity index (χ0n) is 9.76. The lowest BCUT2D eigenvalue weighted by atomic mass is 10.2. The number of pyridine rings is 1. The van der Waals surface area contributed by atoms with Gasteiger partial charge in [0.1, 0.15) is 5.25 Å². The van der Waals surface area contributed by atoms with Gasteiger partial charge in [-0.05, 0) is 6.07 Å². The van der Waals surface area contributed by atoms with Crippen LogP contribution in [0.5, 0.6) is 0 Å². The van der Waals surface area contributed by atoms with Gasteiger partial charge in [0.15, 0.2) is 0 Å². The summed E-state index contributed by atoms with van der Waals surface area (Å²) in [5.74, 6) is -0.611. The average molecular weight is 329 g/mol. The molecule has 10 heteroatoms. The molecule has 1 unspecified atom stereocenters. The Bertz CT molecular complexity index is 647. The lowest BCUT2D eigenvalue weighted by Crippen LogP contribution is -2.27. The highest BCUT2D eigenvalue weighted by Crippen LogP contribution is 2.32. The number of carbonyl (C=O) groups is 1. The molecule has 0 aliphatic carbocycles. The van der Waals surface area contributed by atoms with Crippen LogP contribution < -0.4 is 4.90 Å². The summed E-state index contributed by atoms with van der Waals surface area (Å²) >= 11 is 0. The van der Waals surface area contributed by atoms with Crippen LogP contribution in [-0.2, 0) is 20.0 Å². The maximum atomic E-state index is 12.6. The summed E-state index contributed by atoms with van der Waals surface area (Å²) in [6.45, 7) is -0.284. The largest absolute Gasteiger partial charge is 0.417 e. The van der Waals surface area contributed by atoms with Crippen molar-refractivity contribution in [3.8, 4) is 0 Å². The molecular formula is C10H8ClF3N2O3S. The van der Waals surface area contributed by atoms with Gasteiger partial charge < -0.3 is 4.90 Å². The van der Waals surface area contributed by atoms with Gasteiger partial charge >= 0.3 is 6.18 Å². The minimum Gasteiger partial charge on any atom is -0.309 e. The van der Waals surface area contributed by atoms with Gasteiger partial charge in [-0.15, -0.1) is 0 Å². The summed E-state index contributed by atoms with van der Waals surface area (Å²) in [5, 5.41) is -1.13. The molecule has 20 heavy (non-hydrogen) atoms. The Balaban J connectivity index is 2.32. The van der Waals surface area contributed by atoms with Gasteiger partial charge in [0.05, 0.1) is 17.4 Å². The zero-order chi connectivity index (χ0) is 15.1. The van der Waals surface area contributed by atoms with E-state index in [1.54, 1.807) is 0 Å². The van der Waals surface area contributed by atoms with Crippen LogP contribution in [-0.4, -0.2) is 31.1 Å². The number of aromatic nitrogens is 1. The lowest BCUT2D eigenvalue weighted by molar-refractivity contribution is -0.137. The van der Waals surface area contributed by atoms with Crippen molar-refractivity contribution in [3.05, 3.63) is 24.0 Å². The maximum Gasteiger partial charge on any atom is 0.417 e. The number of nitrogens with zero attached hydrogens (tertiary/aromatic N) is 2. The zero-order valence-corrected chi connectivity index (χ0v) is 11.3. The summed E-state index contributed by atoms with van der Waals surface area (Å²) in [6.07, 6.45) is -3.26. The third kappa shape index (κ3) is 3.04. The van der Waals surface area contributed by atoms with Crippen LogP contribution in [0.3, 0.4) is 0 Å². The predicted octanol–water partition coefficient (Wildman–Crippen LogP) is 1.77. The first-order valence-electron chi connectivity index (χ1n) is 5.35. The topological polar surface area (TPSA) is 67.3 Å². The number of alkyl halides is 3. The summed E-state index contributed by atoms with van der Waals surface area (Å²) in [5.41, 5.74) is -1.12. The second kappa shape index (κ2) is 4.88. The van der Waals surface area contributed by atoms with E-state index in [4.69, 9.17) is 10.7 Å². The SMILES string of the molecule is O=C1CC(S(=O)(=O)Cl)CN1c1cncc(C(F)(F)F)c1. The molecule has 1 aliphatic heterocycles. The van der Waals surface area contributed by atoms with Gasteiger partial charge in [0.25, 0.3) is 0 Å². The number of halogens is 4. The van der Waals surface area contributed by atoms with Gasteiger partial charge in [-0.1, -0.05) is 0 Å². The van der Waals surface area contributed by atoms with Crippen LogP contribution >= 0.6 is 10.7 Å². The second-order valence-electron chi connectivity index (χ2n) is 4.24. The van der Waals surface area contributed by atoms with Crippen molar-refractivity contribution in [3.63, 3.8) is 0 Å². The van der Waals surface area contributed by atoms with Crippen molar-refractivity contribution in [1.29, 1.82) is 0 Å². The molecule has 0 aromatic carbocycles. The first-order chi connectivity index (χ1) is 9.09. The fourth-order valence-electron chi connectivity index (χ4n) is 1.84. The van der Waals surface area contributed by atoms with Gasteiger partial charge in [-0.3, -0.25) is 9.78 Å². The molecule has 0 spiro atoms. The van der Waals surface area contributed by atoms with E-state index in [1.807, 2.05) is 0 Å². The van der Waals surface area contributed by atoms with Crippen molar-refractivity contribution in [2.24, 2.45) is 0 Å². The first-order valence-corrected chi connectivity index (χ1v) is 7.72. The number of hydrogen-bond acceptors (Lipinski definition) is 4. The molecule has 0 saturated carbocycles. The molecule has 0 radical (unpaired) electrons. The molecule has 1 atom stereocenters. The van der Waals surface area contributed by atoms with Crippen LogP contribution in [0.25, 0.3) is 0 Å². The Kier molecular flexibility index (Phi) is 3.67. The van der Waals surface area contributed by atoms with Crippen molar-refractivity contribution < 1.29 is 26.4 Å². The normalized spacial score (nSPS) is 20.5. The first kappa shape index (κ1) is 15.0. The van der Waals surface area contributed by atoms with Crippen molar-refractivity contribution in [2.75, 3.05) is 11.4 Å². The van der Waals surface area contributed by atoms with Crippen LogP contribution in [0.15, 0.2) is 18.5 Å². The van der Waals surface area contributed by atoms with Crippen molar-refractivity contribution in [2.45, 2.75) is 17.8 Å². The smallest absolute Gasteiger partial charge is 0.309 e. The number of anilines is 1. The Morgan fingerprint density at radius 2 is 2.00 bits per heavy atom. The third-order valence-corrected chi connectivity index (χ3v) is 4.72. The van der Waals surface area contributed by atoms with Crippen LogP contribution in [0, 0.1) is 0 Å². The molecule has 1 aliphatic rings. The number of carbonyl (C=O) groups excluding carboxylic acids is 1. The highest BCUT2D eigenvalue weighted by molar-refractivity contribution is 8.14. The molecule has 2 heterocycles. The monoisotopic (exact) mass is 328 g/mol. The molecule has 1 amide bonds. The number of rotatable bonds is 2. The molecule has 110 valence electrons. The summed E-state index contributed by atoms with van der Waals surface area (Å²) in [4.78, 5) is 16.0. The van der Waals surface area contributed by atoms with Crippen LogP contribution in [0.2, 0.25) is 0 Å². The van der Waals surface area contributed by atoms with E-state index in [2.05, 4.69) is 4.98 Å². The molecule has 2 rings (SSSR count). The number of hydrogen-bond donors (Lipinski definition) is 0. The third-order valence-electron chi connectivity index (χ3n) is 2.85. The van der Waals surface area contributed by atoms with Gasteiger partial charge in [-0.25, -0.2) is 8.42 Å². The minimum absolute atomic E-state index is 0.104. The standard InChI is InChI=1S/C10H8ClF3N2O3S/c11-20(18,19)8-2-9(17)16(5-8)7-1-6(3-15-4-7)10(12,13)14/h1,3-4,8H,2,5H2. The Labute approximate surface area is 116 Å². The minimum atomic E-state index is -4.59. The Morgan fingerprint density at radius 1 is 1.35 bits per heavy atom. The molecule has 1 aromatic rings. The van der Waals surface area contributed by atoms with E-state index < -0.39 is 31.9 Å². The highest BCUT2D eigenvalue weighted by Gasteiger charge is 2.39. The van der Waals surface area contributed by atoms with E-state index >= 15 is 0 Å². The lowest BCUT2D eigenvalue weighted by Gasteiger charge is -2.17. The fourth-order valence-corrected chi connectivity index (χ4v) is 2.87. The molecule has 0 bridgehead atoms. The maximum absolute atomic E-state index is 12.6. The van der Waals surface area contributed by atoms with E-state index in [1.165, 1.54) is 0 Å². The van der Waals surface area contributed by atoms with Crippen molar-refractivity contribution >= 4 is 31.3 Å². The predicted molar refractivity (Wildman–Crippen MR) is 64.8 cm³/mol. The van der Waals surface area contributed by atoms with E-state index in [0.717, 1.165) is 17.2 Å². The Morgan fingerprint density at radius 3 is 2.50 bits per heavy atom. The van der Waals surface area contributed by atoms with Crippen LogP contribution in [0.1, 0.15) is 12.0 Å². The molecule has 1 aromatic heterocycles. The fraction of sp³-hybridized carbons (Fsp3) is 0.400. The second-order valence-corrected chi connectivity index (χ2v) is 7.14. The van der Waals surface area contributed by atoms with E-state index in [9.17, 15) is 26.4 Å².